The number of piperidine rings is 1. The number of anilines is 1. The van der Waals surface area contributed by atoms with E-state index in [1.807, 2.05) is 19.1 Å². The van der Waals surface area contributed by atoms with Crippen LogP contribution in [0.25, 0.3) is 5.65 Å². The molecular formula is C20H25N5. The molecule has 25 heavy (non-hydrogen) atoms. The first-order valence-corrected chi connectivity index (χ1v) is 9.08. The van der Waals surface area contributed by atoms with Gasteiger partial charge in [0.1, 0.15) is 5.82 Å². The van der Waals surface area contributed by atoms with Gasteiger partial charge in [-0.05, 0) is 38.3 Å². The molecule has 0 unspecified atom stereocenters. The van der Waals surface area contributed by atoms with Gasteiger partial charge in [0.2, 0.25) is 0 Å². The first-order valence-electron chi connectivity index (χ1n) is 9.08. The molecule has 2 N–H and O–H groups in total. The van der Waals surface area contributed by atoms with Crippen LogP contribution in [0.5, 0.6) is 0 Å². The maximum atomic E-state index is 6.19. The summed E-state index contributed by atoms with van der Waals surface area (Å²) >= 11 is 0. The van der Waals surface area contributed by atoms with E-state index in [1.165, 1.54) is 24.9 Å². The molecule has 1 aromatic carbocycles. The highest BCUT2D eigenvalue weighted by atomic mass is 15.3. The topological polar surface area (TPSA) is 59.5 Å². The second-order valence-corrected chi connectivity index (χ2v) is 7.04. The second kappa shape index (κ2) is 6.84. The number of benzene rings is 1. The van der Waals surface area contributed by atoms with Crippen LogP contribution in [0.2, 0.25) is 0 Å². The zero-order valence-corrected chi connectivity index (χ0v) is 14.7. The Kier molecular flexibility index (Phi) is 4.40. The molecule has 0 bridgehead atoms. The molecule has 1 aliphatic heterocycles. The molecule has 0 aliphatic carbocycles. The number of hydrogen-bond acceptors (Lipinski definition) is 4. The van der Waals surface area contributed by atoms with E-state index in [0.717, 1.165) is 36.5 Å². The molecule has 0 amide bonds. The summed E-state index contributed by atoms with van der Waals surface area (Å²) in [5, 5.41) is 4.40. The second-order valence-electron chi connectivity index (χ2n) is 7.04. The Morgan fingerprint density at radius 3 is 2.88 bits per heavy atom. The third-order valence-electron chi connectivity index (χ3n) is 5.08. The van der Waals surface area contributed by atoms with Crippen LogP contribution < -0.4 is 5.73 Å². The van der Waals surface area contributed by atoms with Crippen molar-refractivity contribution in [2.45, 2.75) is 32.1 Å². The maximum Gasteiger partial charge on any atom is 0.157 e. The van der Waals surface area contributed by atoms with Crippen molar-refractivity contribution in [2.75, 3.05) is 25.4 Å². The summed E-state index contributed by atoms with van der Waals surface area (Å²) in [5.74, 6) is 1.13. The van der Waals surface area contributed by atoms with Crippen LogP contribution in [-0.2, 0) is 6.42 Å². The molecular weight excluding hydrogens is 310 g/mol. The van der Waals surface area contributed by atoms with Gasteiger partial charge in [-0.2, -0.15) is 9.61 Å². The van der Waals surface area contributed by atoms with Crippen molar-refractivity contribution in [3.63, 3.8) is 0 Å². The van der Waals surface area contributed by atoms with Gasteiger partial charge in [-0.15, -0.1) is 0 Å². The summed E-state index contributed by atoms with van der Waals surface area (Å²) in [5.41, 5.74) is 10.5. The molecule has 3 aromatic rings. The van der Waals surface area contributed by atoms with E-state index in [-0.39, 0.29) is 0 Å². The SMILES string of the molecule is Cc1cc2nc([C@@H]3CCCN(CCc4ccccc4)C3)cc(N)n2n1. The van der Waals surface area contributed by atoms with E-state index < -0.39 is 0 Å². The summed E-state index contributed by atoms with van der Waals surface area (Å²) in [6.07, 6.45) is 3.49. The zero-order chi connectivity index (χ0) is 17.2. The van der Waals surface area contributed by atoms with Gasteiger partial charge in [0.25, 0.3) is 0 Å². The van der Waals surface area contributed by atoms with Crippen molar-refractivity contribution in [2.24, 2.45) is 0 Å². The molecule has 4 rings (SSSR count). The monoisotopic (exact) mass is 335 g/mol. The number of nitrogens with zero attached hydrogens (tertiary/aromatic N) is 4. The average Bonchev–Trinajstić information content (AvgIpc) is 3.02. The molecule has 1 saturated heterocycles. The van der Waals surface area contributed by atoms with Crippen LogP contribution in [-0.4, -0.2) is 39.1 Å². The molecule has 1 fully saturated rings. The smallest absolute Gasteiger partial charge is 0.157 e. The summed E-state index contributed by atoms with van der Waals surface area (Å²) in [6, 6.07) is 14.7. The van der Waals surface area contributed by atoms with Gasteiger partial charge in [-0.25, -0.2) is 4.98 Å². The number of aryl methyl sites for hydroxylation is 1. The van der Waals surface area contributed by atoms with Crippen molar-refractivity contribution >= 4 is 11.5 Å². The maximum absolute atomic E-state index is 6.19. The van der Waals surface area contributed by atoms with Gasteiger partial charge in [0.15, 0.2) is 5.65 Å². The minimum Gasteiger partial charge on any atom is -0.384 e. The highest BCUT2D eigenvalue weighted by Crippen LogP contribution is 2.27. The predicted molar refractivity (Wildman–Crippen MR) is 101 cm³/mol. The minimum atomic E-state index is 0.451. The van der Waals surface area contributed by atoms with E-state index in [9.17, 15) is 0 Å². The molecule has 5 heteroatoms. The quantitative estimate of drug-likeness (QED) is 0.796. The molecule has 1 atom stereocenters. The molecule has 5 nitrogen and oxygen atoms in total. The van der Waals surface area contributed by atoms with Crippen LogP contribution in [0.15, 0.2) is 42.5 Å². The minimum absolute atomic E-state index is 0.451. The first-order chi connectivity index (χ1) is 12.2. The number of rotatable bonds is 4. The largest absolute Gasteiger partial charge is 0.384 e. The zero-order valence-electron chi connectivity index (χ0n) is 14.7. The lowest BCUT2D eigenvalue weighted by Gasteiger charge is -2.32. The molecule has 2 aromatic heterocycles. The molecule has 0 radical (unpaired) electrons. The summed E-state index contributed by atoms with van der Waals surface area (Å²) in [4.78, 5) is 7.39. The lowest BCUT2D eigenvalue weighted by atomic mass is 9.94. The standard InChI is InChI=1S/C20H25N5/c1-15-12-20-22-18(13-19(21)25(20)23-15)17-8-5-10-24(14-17)11-9-16-6-3-2-4-7-16/h2-4,6-7,12-13,17H,5,8-11,14,21H2,1H3/t17-/m1/s1. The van der Waals surface area contributed by atoms with E-state index in [1.54, 1.807) is 4.52 Å². The van der Waals surface area contributed by atoms with Gasteiger partial charge >= 0.3 is 0 Å². The number of aromatic nitrogens is 3. The Morgan fingerprint density at radius 2 is 2.04 bits per heavy atom. The fraction of sp³-hybridized carbons (Fsp3) is 0.400. The fourth-order valence-corrected chi connectivity index (χ4v) is 3.77. The molecule has 0 saturated carbocycles. The van der Waals surface area contributed by atoms with Crippen molar-refractivity contribution in [1.29, 1.82) is 0 Å². The summed E-state index contributed by atoms with van der Waals surface area (Å²) in [7, 11) is 0. The highest BCUT2D eigenvalue weighted by molar-refractivity contribution is 5.48. The molecule has 1 aliphatic rings. The summed E-state index contributed by atoms with van der Waals surface area (Å²) in [6.45, 7) is 5.30. The van der Waals surface area contributed by atoms with E-state index in [0.29, 0.717) is 11.7 Å². The lowest BCUT2D eigenvalue weighted by molar-refractivity contribution is 0.208. The van der Waals surface area contributed by atoms with Crippen molar-refractivity contribution in [3.05, 3.63) is 59.4 Å². The van der Waals surface area contributed by atoms with Crippen LogP contribution in [0.3, 0.4) is 0 Å². The normalized spacial score (nSPS) is 18.7. The number of nitrogens with two attached hydrogens (primary N) is 1. The number of hydrogen-bond donors (Lipinski definition) is 1. The van der Waals surface area contributed by atoms with Gasteiger partial charge < -0.3 is 10.6 Å². The Balaban J connectivity index is 1.47. The predicted octanol–water partition coefficient (Wildman–Crippen LogP) is 3.04. The van der Waals surface area contributed by atoms with Gasteiger partial charge in [0.05, 0.1) is 11.4 Å². The van der Waals surface area contributed by atoms with E-state index in [4.69, 9.17) is 10.7 Å². The average molecular weight is 335 g/mol. The van der Waals surface area contributed by atoms with Crippen molar-refractivity contribution in [1.82, 2.24) is 19.5 Å². The highest BCUT2D eigenvalue weighted by Gasteiger charge is 2.23. The fourth-order valence-electron chi connectivity index (χ4n) is 3.77. The molecule has 3 heterocycles. The molecule has 0 spiro atoms. The van der Waals surface area contributed by atoms with Gasteiger partial charge in [-0.3, -0.25) is 0 Å². The summed E-state index contributed by atoms with van der Waals surface area (Å²) < 4.78 is 1.73. The lowest BCUT2D eigenvalue weighted by Crippen LogP contribution is -2.36. The van der Waals surface area contributed by atoms with Gasteiger partial charge in [-0.1, -0.05) is 30.3 Å². The molecule has 130 valence electrons. The van der Waals surface area contributed by atoms with Gasteiger partial charge in [0, 0.05) is 31.1 Å². The number of likely N-dealkylation sites (tertiary alicyclic amines) is 1. The van der Waals surface area contributed by atoms with Crippen LogP contribution in [0, 0.1) is 6.92 Å². The van der Waals surface area contributed by atoms with Crippen LogP contribution in [0.1, 0.15) is 35.7 Å². The third kappa shape index (κ3) is 3.51. The Labute approximate surface area is 148 Å². The first kappa shape index (κ1) is 16.1. The van der Waals surface area contributed by atoms with E-state index >= 15 is 0 Å². The van der Waals surface area contributed by atoms with Crippen LogP contribution >= 0.6 is 0 Å². The number of fused-ring (bicyclic) bond motifs is 1. The van der Waals surface area contributed by atoms with E-state index in [2.05, 4.69) is 40.3 Å². The third-order valence-corrected chi connectivity index (χ3v) is 5.08. The van der Waals surface area contributed by atoms with Crippen LogP contribution in [0.4, 0.5) is 5.82 Å². The van der Waals surface area contributed by atoms with Crippen molar-refractivity contribution < 1.29 is 0 Å². The van der Waals surface area contributed by atoms with Crippen molar-refractivity contribution in [3.8, 4) is 0 Å². The Hall–Kier alpha value is -2.40. The number of nitrogen functional groups attached to an aromatic ring is 1. The Morgan fingerprint density at radius 1 is 1.20 bits per heavy atom. The Bertz CT molecular complexity index is 855.